The van der Waals surface area contributed by atoms with Gasteiger partial charge in [0.05, 0.1) is 0 Å². The van der Waals surface area contributed by atoms with Crippen molar-refractivity contribution in [2.45, 2.75) is 32.7 Å². The van der Waals surface area contributed by atoms with Crippen LogP contribution in [0.2, 0.25) is 0 Å². The maximum absolute atomic E-state index is 3.62. The van der Waals surface area contributed by atoms with Crippen molar-refractivity contribution < 1.29 is 0 Å². The number of hydrogen-bond donors (Lipinski definition) is 1. The highest BCUT2D eigenvalue weighted by Crippen LogP contribution is 2.24. The molecule has 2 aromatic rings. The lowest BCUT2D eigenvalue weighted by molar-refractivity contribution is 0.331. The first-order valence-corrected chi connectivity index (χ1v) is 8.23. The lowest BCUT2D eigenvalue weighted by Crippen LogP contribution is -2.25. The van der Waals surface area contributed by atoms with E-state index in [1.807, 2.05) is 0 Å². The van der Waals surface area contributed by atoms with Crippen LogP contribution >= 0.6 is 0 Å². The summed E-state index contributed by atoms with van der Waals surface area (Å²) in [5.74, 6) is 0. The van der Waals surface area contributed by atoms with Crippen molar-refractivity contribution >= 4 is 10.9 Å². The SMILES string of the molecule is Cc1c(CNCCCN2CCCC2)n(C)c2ccccc12. The van der Waals surface area contributed by atoms with Crippen LogP contribution in [0.25, 0.3) is 10.9 Å². The summed E-state index contributed by atoms with van der Waals surface area (Å²) in [5, 5.41) is 5.00. The van der Waals surface area contributed by atoms with Gasteiger partial charge in [-0.3, -0.25) is 0 Å². The van der Waals surface area contributed by atoms with Crippen LogP contribution < -0.4 is 5.32 Å². The third kappa shape index (κ3) is 3.14. The Morgan fingerprint density at radius 1 is 1.14 bits per heavy atom. The fourth-order valence-electron chi connectivity index (χ4n) is 3.53. The molecule has 1 aliphatic heterocycles. The number of aryl methyl sites for hydroxylation is 2. The standard InChI is InChI=1S/C18H27N3/c1-15-16-8-3-4-9-17(16)20(2)18(15)14-19-10-7-13-21-11-5-6-12-21/h3-4,8-9,19H,5-7,10-14H2,1-2H3. The second-order valence-corrected chi connectivity index (χ2v) is 6.23. The number of likely N-dealkylation sites (tertiary alicyclic amines) is 1. The molecule has 1 fully saturated rings. The zero-order valence-corrected chi connectivity index (χ0v) is 13.4. The fourth-order valence-corrected chi connectivity index (χ4v) is 3.53. The average molecular weight is 285 g/mol. The Kier molecular flexibility index (Phi) is 4.61. The lowest BCUT2D eigenvalue weighted by Gasteiger charge is -2.14. The molecule has 0 atom stereocenters. The Morgan fingerprint density at radius 2 is 1.90 bits per heavy atom. The minimum absolute atomic E-state index is 0.969. The number of hydrogen-bond acceptors (Lipinski definition) is 2. The highest BCUT2D eigenvalue weighted by atomic mass is 15.1. The largest absolute Gasteiger partial charge is 0.346 e. The van der Waals surface area contributed by atoms with Gasteiger partial charge in [-0.25, -0.2) is 0 Å². The second-order valence-electron chi connectivity index (χ2n) is 6.23. The third-order valence-electron chi connectivity index (χ3n) is 4.83. The Labute approximate surface area is 127 Å². The predicted molar refractivity (Wildman–Crippen MR) is 89.7 cm³/mol. The molecule has 3 heteroatoms. The van der Waals surface area contributed by atoms with Gasteiger partial charge in [-0.1, -0.05) is 18.2 Å². The number of nitrogens with zero attached hydrogens (tertiary/aromatic N) is 2. The molecule has 1 aromatic carbocycles. The molecule has 3 rings (SSSR count). The van der Waals surface area contributed by atoms with Crippen LogP contribution in [-0.2, 0) is 13.6 Å². The van der Waals surface area contributed by atoms with Gasteiger partial charge in [0, 0.05) is 30.2 Å². The molecule has 0 spiro atoms. The number of aromatic nitrogens is 1. The van der Waals surface area contributed by atoms with Crippen molar-refractivity contribution in [3.63, 3.8) is 0 Å². The Bertz CT molecular complexity index is 555. The van der Waals surface area contributed by atoms with E-state index in [0.29, 0.717) is 0 Å². The molecule has 1 saturated heterocycles. The van der Waals surface area contributed by atoms with Gasteiger partial charge in [-0.2, -0.15) is 0 Å². The Hall–Kier alpha value is -1.32. The van der Waals surface area contributed by atoms with Crippen molar-refractivity contribution in [1.82, 2.24) is 14.8 Å². The number of rotatable bonds is 6. The molecule has 0 bridgehead atoms. The molecular formula is C18H27N3. The van der Waals surface area contributed by atoms with Crippen LogP contribution in [0.1, 0.15) is 30.5 Å². The molecule has 1 aliphatic rings. The summed E-state index contributed by atoms with van der Waals surface area (Å²) >= 11 is 0. The summed E-state index contributed by atoms with van der Waals surface area (Å²) in [4.78, 5) is 2.59. The molecule has 0 unspecified atom stereocenters. The van der Waals surface area contributed by atoms with E-state index >= 15 is 0 Å². The van der Waals surface area contributed by atoms with Crippen LogP contribution in [-0.4, -0.2) is 35.6 Å². The first kappa shape index (κ1) is 14.6. The van der Waals surface area contributed by atoms with Gasteiger partial charge in [-0.05, 0) is 64.0 Å². The second kappa shape index (κ2) is 6.63. The zero-order chi connectivity index (χ0) is 14.7. The first-order chi connectivity index (χ1) is 10.3. The smallest absolute Gasteiger partial charge is 0.0483 e. The average Bonchev–Trinajstić information content (AvgIpc) is 3.10. The Balaban J connectivity index is 1.53. The predicted octanol–water partition coefficient (Wildman–Crippen LogP) is 3.06. The number of fused-ring (bicyclic) bond motifs is 1. The summed E-state index contributed by atoms with van der Waals surface area (Å²) in [6.45, 7) is 8.18. The van der Waals surface area contributed by atoms with Gasteiger partial charge >= 0.3 is 0 Å². The van der Waals surface area contributed by atoms with Crippen molar-refractivity contribution in [1.29, 1.82) is 0 Å². The van der Waals surface area contributed by atoms with E-state index in [2.05, 4.69) is 53.0 Å². The molecule has 1 N–H and O–H groups in total. The highest BCUT2D eigenvalue weighted by molar-refractivity contribution is 5.85. The minimum Gasteiger partial charge on any atom is -0.346 e. The van der Waals surface area contributed by atoms with Gasteiger partial charge in [-0.15, -0.1) is 0 Å². The highest BCUT2D eigenvalue weighted by Gasteiger charge is 2.12. The van der Waals surface area contributed by atoms with E-state index in [1.54, 1.807) is 0 Å². The molecule has 0 aliphatic carbocycles. The third-order valence-corrected chi connectivity index (χ3v) is 4.83. The van der Waals surface area contributed by atoms with E-state index in [4.69, 9.17) is 0 Å². The van der Waals surface area contributed by atoms with Crippen molar-refractivity contribution in [3.05, 3.63) is 35.5 Å². The van der Waals surface area contributed by atoms with Crippen molar-refractivity contribution in [2.24, 2.45) is 7.05 Å². The molecule has 114 valence electrons. The van der Waals surface area contributed by atoms with Gasteiger partial charge in [0.1, 0.15) is 0 Å². The molecule has 0 saturated carbocycles. The molecular weight excluding hydrogens is 258 g/mol. The van der Waals surface area contributed by atoms with E-state index < -0.39 is 0 Å². The molecule has 2 heterocycles. The van der Waals surface area contributed by atoms with Crippen molar-refractivity contribution in [3.8, 4) is 0 Å². The van der Waals surface area contributed by atoms with E-state index in [9.17, 15) is 0 Å². The van der Waals surface area contributed by atoms with E-state index in [0.717, 1.165) is 13.1 Å². The molecule has 0 amide bonds. The van der Waals surface area contributed by atoms with E-state index in [-0.39, 0.29) is 0 Å². The van der Waals surface area contributed by atoms with Gasteiger partial charge < -0.3 is 14.8 Å². The minimum atomic E-state index is 0.969. The lowest BCUT2D eigenvalue weighted by atomic mass is 10.1. The monoisotopic (exact) mass is 285 g/mol. The van der Waals surface area contributed by atoms with Crippen molar-refractivity contribution in [2.75, 3.05) is 26.2 Å². The van der Waals surface area contributed by atoms with Crippen LogP contribution in [0.3, 0.4) is 0 Å². The maximum atomic E-state index is 3.62. The van der Waals surface area contributed by atoms with Gasteiger partial charge in [0.15, 0.2) is 0 Å². The summed E-state index contributed by atoms with van der Waals surface area (Å²) in [5.41, 5.74) is 4.17. The topological polar surface area (TPSA) is 20.2 Å². The maximum Gasteiger partial charge on any atom is 0.0483 e. The molecule has 21 heavy (non-hydrogen) atoms. The molecule has 3 nitrogen and oxygen atoms in total. The van der Waals surface area contributed by atoms with Crippen LogP contribution in [0.5, 0.6) is 0 Å². The summed E-state index contributed by atoms with van der Waals surface area (Å²) in [6, 6.07) is 8.68. The fraction of sp³-hybridized carbons (Fsp3) is 0.556. The number of nitrogens with one attached hydrogen (secondary N) is 1. The summed E-state index contributed by atoms with van der Waals surface area (Å²) < 4.78 is 2.33. The number of benzene rings is 1. The van der Waals surface area contributed by atoms with E-state index in [1.165, 1.54) is 61.1 Å². The molecule has 0 radical (unpaired) electrons. The first-order valence-electron chi connectivity index (χ1n) is 8.23. The van der Waals surface area contributed by atoms with Gasteiger partial charge in [0.2, 0.25) is 0 Å². The van der Waals surface area contributed by atoms with Gasteiger partial charge in [0.25, 0.3) is 0 Å². The summed E-state index contributed by atoms with van der Waals surface area (Å²) in [7, 11) is 2.18. The Morgan fingerprint density at radius 3 is 2.67 bits per heavy atom. The van der Waals surface area contributed by atoms with Crippen LogP contribution in [0.15, 0.2) is 24.3 Å². The summed E-state index contributed by atoms with van der Waals surface area (Å²) in [6.07, 6.45) is 4.04. The number of para-hydroxylation sites is 1. The zero-order valence-electron chi connectivity index (χ0n) is 13.4. The normalized spacial score (nSPS) is 16.1. The quantitative estimate of drug-likeness (QED) is 0.823. The van der Waals surface area contributed by atoms with Crippen LogP contribution in [0.4, 0.5) is 0 Å². The van der Waals surface area contributed by atoms with Crippen LogP contribution in [0, 0.1) is 6.92 Å². The molecule has 1 aromatic heterocycles.